The fourth-order valence-corrected chi connectivity index (χ4v) is 2.28. The van der Waals surface area contributed by atoms with E-state index in [0.29, 0.717) is 25.9 Å². The van der Waals surface area contributed by atoms with Gasteiger partial charge in [-0.2, -0.15) is 0 Å². The van der Waals surface area contributed by atoms with Crippen molar-refractivity contribution >= 4 is 5.91 Å². The van der Waals surface area contributed by atoms with Gasteiger partial charge in [0.05, 0.1) is 6.10 Å². The van der Waals surface area contributed by atoms with Crippen LogP contribution in [0.5, 0.6) is 0 Å². The monoisotopic (exact) mass is 233 g/mol. The predicted molar refractivity (Wildman–Crippen MR) is 67.0 cm³/mol. The first-order valence-electron chi connectivity index (χ1n) is 6.27. The smallest absolute Gasteiger partial charge is 0.254 e. The number of aliphatic hydroxyl groups is 1. The topological polar surface area (TPSA) is 40.5 Å². The highest BCUT2D eigenvalue weighted by Gasteiger charge is 2.23. The van der Waals surface area contributed by atoms with Crippen LogP contribution < -0.4 is 0 Å². The second-order valence-electron chi connectivity index (χ2n) is 4.53. The first-order chi connectivity index (χ1) is 8.22. The fraction of sp³-hybridized carbons (Fsp3) is 0.500. The molecule has 0 unspecified atom stereocenters. The third kappa shape index (κ3) is 2.67. The molecule has 1 N–H and O–H groups in total. The molecular weight excluding hydrogens is 214 g/mol. The molecule has 0 aromatic heterocycles. The number of aryl methyl sites for hydroxylation is 1. The van der Waals surface area contributed by atoms with Crippen molar-refractivity contribution in [1.82, 2.24) is 4.90 Å². The van der Waals surface area contributed by atoms with Crippen LogP contribution in [0.25, 0.3) is 0 Å². The molecule has 1 amide bonds. The van der Waals surface area contributed by atoms with Gasteiger partial charge in [0.1, 0.15) is 0 Å². The van der Waals surface area contributed by atoms with Crippen molar-refractivity contribution in [3.8, 4) is 0 Å². The molecule has 1 aliphatic heterocycles. The number of aliphatic hydroxyl groups excluding tert-OH is 1. The lowest BCUT2D eigenvalue weighted by atomic mass is 10.0. The van der Waals surface area contributed by atoms with Crippen molar-refractivity contribution in [2.45, 2.75) is 32.3 Å². The zero-order valence-corrected chi connectivity index (χ0v) is 10.2. The lowest BCUT2D eigenvalue weighted by Gasteiger charge is -2.30. The zero-order chi connectivity index (χ0) is 12.3. The summed E-state index contributed by atoms with van der Waals surface area (Å²) in [6, 6.07) is 7.78. The van der Waals surface area contributed by atoms with Gasteiger partial charge >= 0.3 is 0 Å². The highest BCUT2D eigenvalue weighted by molar-refractivity contribution is 5.95. The van der Waals surface area contributed by atoms with Crippen LogP contribution in [0.15, 0.2) is 24.3 Å². The van der Waals surface area contributed by atoms with Crippen molar-refractivity contribution in [2.75, 3.05) is 13.1 Å². The van der Waals surface area contributed by atoms with Crippen molar-refractivity contribution in [3.05, 3.63) is 35.4 Å². The third-order valence-electron chi connectivity index (χ3n) is 3.38. The van der Waals surface area contributed by atoms with Crippen molar-refractivity contribution in [3.63, 3.8) is 0 Å². The molecule has 0 saturated carbocycles. The standard InChI is InChI=1S/C14H19NO2/c1-2-11-5-3-4-6-13(11)14(17)15-9-7-12(16)8-10-15/h3-6,12,16H,2,7-10H2,1H3. The van der Waals surface area contributed by atoms with E-state index in [1.807, 2.05) is 29.2 Å². The van der Waals surface area contributed by atoms with Crippen LogP contribution in [0.4, 0.5) is 0 Å². The number of carbonyl (C=O) groups excluding carboxylic acids is 1. The van der Waals surface area contributed by atoms with Gasteiger partial charge in [-0.3, -0.25) is 4.79 Å². The molecule has 0 bridgehead atoms. The Morgan fingerprint density at radius 3 is 2.65 bits per heavy atom. The maximum atomic E-state index is 12.3. The Labute approximate surface area is 102 Å². The van der Waals surface area contributed by atoms with Gasteiger partial charge in [-0.1, -0.05) is 25.1 Å². The number of hydrogen-bond donors (Lipinski definition) is 1. The van der Waals surface area contributed by atoms with Gasteiger partial charge < -0.3 is 10.0 Å². The number of hydrogen-bond acceptors (Lipinski definition) is 2. The van der Waals surface area contributed by atoms with Crippen LogP contribution >= 0.6 is 0 Å². The number of carbonyl (C=O) groups is 1. The molecule has 3 heteroatoms. The summed E-state index contributed by atoms with van der Waals surface area (Å²) in [5.41, 5.74) is 1.91. The Kier molecular flexibility index (Phi) is 3.79. The van der Waals surface area contributed by atoms with E-state index < -0.39 is 0 Å². The second-order valence-corrected chi connectivity index (χ2v) is 4.53. The van der Waals surface area contributed by atoms with Crippen LogP contribution in [-0.2, 0) is 6.42 Å². The third-order valence-corrected chi connectivity index (χ3v) is 3.38. The number of benzene rings is 1. The maximum Gasteiger partial charge on any atom is 0.254 e. The van der Waals surface area contributed by atoms with Crippen molar-refractivity contribution < 1.29 is 9.90 Å². The summed E-state index contributed by atoms with van der Waals surface area (Å²) in [5.74, 6) is 0.106. The molecule has 0 spiro atoms. The minimum Gasteiger partial charge on any atom is -0.393 e. The highest BCUT2D eigenvalue weighted by Crippen LogP contribution is 2.16. The lowest BCUT2D eigenvalue weighted by Crippen LogP contribution is -2.40. The average molecular weight is 233 g/mol. The van der Waals surface area contributed by atoms with Crippen LogP contribution in [0.1, 0.15) is 35.7 Å². The molecule has 17 heavy (non-hydrogen) atoms. The Bertz CT molecular complexity index is 395. The SMILES string of the molecule is CCc1ccccc1C(=O)N1CCC(O)CC1. The molecule has 1 fully saturated rings. The molecule has 92 valence electrons. The maximum absolute atomic E-state index is 12.3. The van der Waals surface area contributed by atoms with Gasteiger partial charge in [0, 0.05) is 18.7 Å². The van der Waals surface area contributed by atoms with Gasteiger partial charge in [0.2, 0.25) is 0 Å². The molecule has 2 rings (SSSR count). The molecule has 1 heterocycles. The molecule has 0 radical (unpaired) electrons. The molecule has 0 atom stereocenters. The summed E-state index contributed by atoms with van der Waals surface area (Å²) in [6.07, 6.45) is 2.03. The van der Waals surface area contributed by atoms with E-state index in [4.69, 9.17) is 0 Å². The summed E-state index contributed by atoms with van der Waals surface area (Å²) < 4.78 is 0. The van der Waals surface area contributed by atoms with Crippen LogP contribution in [0, 0.1) is 0 Å². The number of likely N-dealkylation sites (tertiary alicyclic amines) is 1. The summed E-state index contributed by atoms with van der Waals surface area (Å²) in [6.45, 7) is 3.39. The molecule has 1 aromatic carbocycles. The number of rotatable bonds is 2. The number of piperidine rings is 1. The van der Waals surface area contributed by atoms with Crippen LogP contribution in [0.2, 0.25) is 0 Å². The van der Waals surface area contributed by atoms with Gasteiger partial charge in [-0.15, -0.1) is 0 Å². The van der Waals surface area contributed by atoms with E-state index in [1.165, 1.54) is 0 Å². The van der Waals surface area contributed by atoms with Gasteiger partial charge in [-0.05, 0) is 30.9 Å². The van der Waals surface area contributed by atoms with E-state index in [-0.39, 0.29) is 12.0 Å². The molecule has 0 aliphatic carbocycles. The Morgan fingerprint density at radius 1 is 1.35 bits per heavy atom. The molecule has 1 aromatic rings. The van der Waals surface area contributed by atoms with Crippen molar-refractivity contribution in [2.24, 2.45) is 0 Å². The highest BCUT2D eigenvalue weighted by atomic mass is 16.3. The number of nitrogens with zero attached hydrogens (tertiary/aromatic N) is 1. The molecular formula is C14H19NO2. The Balaban J connectivity index is 2.14. The minimum atomic E-state index is -0.236. The second kappa shape index (κ2) is 5.32. The zero-order valence-electron chi connectivity index (χ0n) is 10.2. The van der Waals surface area contributed by atoms with E-state index in [9.17, 15) is 9.90 Å². The Hall–Kier alpha value is -1.35. The van der Waals surface area contributed by atoms with Crippen LogP contribution in [-0.4, -0.2) is 35.1 Å². The van der Waals surface area contributed by atoms with E-state index in [2.05, 4.69) is 6.92 Å². The summed E-state index contributed by atoms with van der Waals surface area (Å²) >= 11 is 0. The largest absolute Gasteiger partial charge is 0.393 e. The lowest BCUT2D eigenvalue weighted by molar-refractivity contribution is 0.0545. The molecule has 1 saturated heterocycles. The normalized spacial score (nSPS) is 17.2. The first-order valence-corrected chi connectivity index (χ1v) is 6.27. The van der Waals surface area contributed by atoms with Crippen molar-refractivity contribution in [1.29, 1.82) is 0 Å². The van der Waals surface area contributed by atoms with Gasteiger partial charge in [0.25, 0.3) is 5.91 Å². The average Bonchev–Trinajstić information content (AvgIpc) is 2.39. The number of amides is 1. The first kappa shape index (κ1) is 12.1. The molecule has 3 nitrogen and oxygen atoms in total. The summed E-state index contributed by atoms with van der Waals surface area (Å²) in [4.78, 5) is 14.2. The Morgan fingerprint density at radius 2 is 2.00 bits per heavy atom. The summed E-state index contributed by atoms with van der Waals surface area (Å²) in [5, 5.41) is 9.44. The van der Waals surface area contributed by atoms with Crippen LogP contribution in [0.3, 0.4) is 0 Å². The van der Waals surface area contributed by atoms with Gasteiger partial charge in [0.15, 0.2) is 0 Å². The predicted octanol–water partition coefficient (Wildman–Crippen LogP) is 1.85. The quantitative estimate of drug-likeness (QED) is 0.846. The molecule has 1 aliphatic rings. The van der Waals surface area contributed by atoms with E-state index in [1.54, 1.807) is 0 Å². The van der Waals surface area contributed by atoms with Gasteiger partial charge in [-0.25, -0.2) is 0 Å². The minimum absolute atomic E-state index is 0.106. The van der Waals surface area contributed by atoms with E-state index >= 15 is 0 Å². The fourth-order valence-electron chi connectivity index (χ4n) is 2.28. The summed E-state index contributed by atoms with van der Waals surface area (Å²) in [7, 11) is 0. The van der Waals surface area contributed by atoms with E-state index in [0.717, 1.165) is 17.5 Å².